The van der Waals surface area contributed by atoms with E-state index >= 15 is 0 Å². The van der Waals surface area contributed by atoms with Gasteiger partial charge in [-0.25, -0.2) is 0 Å². The number of hydrazone groups is 2. The average molecular weight is 656 g/mol. The Morgan fingerprint density at radius 1 is 0.556 bits per heavy atom. The molecule has 2 aromatic heterocycles. The number of aromatic nitrogens is 2. The first-order chi connectivity index (χ1) is 21.5. The zero-order valence-electron chi connectivity index (χ0n) is 23.5. The molecule has 0 fully saturated rings. The quantitative estimate of drug-likeness (QED) is 0.0814. The van der Waals surface area contributed by atoms with Gasteiger partial charge in [0.1, 0.15) is 0 Å². The van der Waals surface area contributed by atoms with Gasteiger partial charge in [0, 0.05) is 23.2 Å². The summed E-state index contributed by atoms with van der Waals surface area (Å²) in [4.78, 5) is 8.69. The van der Waals surface area contributed by atoms with Gasteiger partial charge in [-0.05, 0) is 69.2 Å². The predicted molar refractivity (Wildman–Crippen MR) is 178 cm³/mol. The van der Waals surface area contributed by atoms with Crippen molar-refractivity contribution in [3.8, 4) is 11.5 Å². The minimum absolute atomic E-state index is 0. The van der Waals surface area contributed by atoms with Crippen LogP contribution in [0.3, 0.4) is 0 Å². The molecule has 2 N–H and O–H groups in total. The Labute approximate surface area is 274 Å². The molecule has 8 nitrogen and oxygen atoms in total. The van der Waals surface area contributed by atoms with Gasteiger partial charge in [-0.1, -0.05) is 96.4 Å². The Balaban J connectivity index is 0.000000222. The average Bonchev–Trinajstić information content (AvgIpc) is 3.05. The van der Waals surface area contributed by atoms with Gasteiger partial charge in [-0.15, -0.1) is 0 Å². The number of rotatable bonds is 4. The molecule has 7 aromatic rings. The number of nitrogens with one attached hydrogen (secondary N) is 2. The summed E-state index contributed by atoms with van der Waals surface area (Å²) in [6.45, 7) is 0. The van der Waals surface area contributed by atoms with Crippen LogP contribution in [0.15, 0.2) is 132 Å². The van der Waals surface area contributed by atoms with Crippen LogP contribution in [0.2, 0.25) is 0 Å². The zero-order valence-corrected chi connectivity index (χ0v) is 25.3. The Hall–Kier alpha value is -5.41. The first kappa shape index (κ1) is 31.0. The molecule has 223 valence electrons. The van der Waals surface area contributed by atoms with Crippen LogP contribution in [0.5, 0.6) is 11.5 Å². The standard InChI is InChI=1S/C23H18N4O2S.C12H8N2.Cu/c28-21-11-17-7-3-1-5-15(17)9-19(21)13-24-26-23(30)27-25-14-20-10-16-6-2-4-8-18(16)12-22(20)29;1-3-9-5-6-10-4-2-8-14-12(10)11(9)13-7-1;/h1-14,28-29H,(H2,26,27,30);1-8H;/q;;+2/p-2/b24-13+,25-14+;;. The minimum Gasteiger partial charge on any atom is -0.872 e. The van der Waals surface area contributed by atoms with E-state index in [0.717, 1.165) is 43.4 Å². The number of fused-ring (bicyclic) bond motifs is 5. The number of hydrogen-bond acceptors (Lipinski definition) is 7. The van der Waals surface area contributed by atoms with Gasteiger partial charge < -0.3 is 10.2 Å². The molecule has 1 radical (unpaired) electrons. The molecule has 0 aliphatic carbocycles. The molecule has 5 aromatic carbocycles. The summed E-state index contributed by atoms with van der Waals surface area (Å²) in [7, 11) is 0. The van der Waals surface area contributed by atoms with E-state index in [9.17, 15) is 10.2 Å². The monoisotopic (exact) mass is 655 g/mol. The van der Waals surface area contributed by atoms with Gasteiger partial charge >= 0.3 is 17.1 Å². The third kappa shape index (κ3) is 7.39. The second-order valence-electron chi connectivity index (χ2n) is 9.76. The topological polar surface area (TPSA) is 121 Å². The molecule has 0 amide bonds. The van der Waals surface area contributed by atoms with E-state index < -0.39 is 0 Å². The van der Waals surface area contributed by atoms with Crippen molar-refractivity contribution in [3.63, 3.8) is 0 Å². The normalized spacial score (nSPS) is 11.0. The van der Waals surface area contributed by atoms with Crippen LogP contribution in [0, 0.1) is 0 Å². The minimum atomic E-state index is -0.129. The maximum Gasteiger partial charge on any atom is 2.00 e. The molecule has 0 saturated carbocycles. The van der Waals surface area contributed by atoms with E-state index in [2.05, 4.69) is 55.3 Å². The number of pyridine rings is 2. The fourth-order valence-electron chi connectivity index (χ4n) is 4.70. The van der Waals surface area contributed by atoms with Gasteiger partial charge in [-0.3, -0.25) is 20.8 Å². The molecule has 45 heavy (non-hydrogen) atoms. The van der Waals surface area contributed by atoms with Crippen molar-refractivity contribution in [1.82, 2.24) is 20.8 Å². The fourth-order valence-corrected chi connectivity index (χ4v) is 4.81. The molecular weight excluding hydrogens is 632 g/mol. The Morgan fingerprint density at radius 3 is 1.36 bits per heavy atom. The number of nitrogens with zero attached hydrogens (tertiary/aromatic N) is 4. The molecule has 0 bridgehead atoms. The molecule has 7 rings (SSSR count). The first-order valence-corrected chi connectivity index (χ1v) is 14.1. The molecular formula is C35H24CuN6O2S. The summed E-state index contributed by atoms with van der Waals surface area (Å²) in [5, 5.41) is 38.3. The summed E-state index contributed by atoms with van der Waals surface area (Å²) < 4.78 is 0. The summed E-state index contributed by atoms with van der Waals surface area (Å²) in [6.07, 6.45) is 6.42. The van der Waals surface area contributed by atoms with Gasteiger partial charge in [0.2, 0.25) is 5.11 Å². The van der Waals surface area contributed by atoms with Crippen molar-refractivity contribution < 1.29 is 27.3 Å². The number of hydrogen-bond donors (Lipinski definition) is 2. The summed E-state index contributed by atoms with van der Waals surface area (Å²) in [5.41, 5.74) is 8.03. The van der Waals surface area contributed by atoms with Crippen molar-refractivity contribution in [1.29, 1.82) is 0 Å². The molecule has 0 unspecified atom stereocenters. The number of thiocarbonyl (C=S) groups is 1. The molecule has 0 aliphatic heterocycles. The number of benzene rings is 5. The zero-order chi connectivity index (χ0) is 30.3. The smallest absolute Gasteiger partial charge is 0.872 e. The van der Waals surface area contributed by atoms with Crippen molar-refractivity contribution in [2.24, 2.45) is 10.2 Å². The van der Waals surface area contributed by atoms with Crippen LogP contribution in [0.1, 0.15) is 11.1 Å². The molecule has 2 heterocycles. The van der Waals surface area contributed by atoms with Crippen molar-refractivity contribution in [3.05, 3.63) is 133 Å². The van der Waals surface area contributed by atoms with Gasteiger partial charge in [0.05, 0.1) is 23.5 Å². The van der Waals surface area contributed by atoms with Crippen LogP contribution in [-0.2, 0) is 17.1 Å². The molecule has 10 heteroatoms. The second kappa shape index (κ2) is 14.4. The fraction of sp³-hybridized carbons (Fsp3) is 0. The largest absolute Gasteiger partial charge is 2.00 e. The molecule has 0 aliphatic rings. The Kier molecular flexibility index (Phi) is 9.91. The summed E-state index contributed by atoms with van der Waals surface area (Å²) in [6, 6.07) is 34.0. The Morgan fingerprint density at radius 2 is 0.933 bits per heavy atom. The van der Waals surface area contributed by atoms with Gasteiger partial charge in [0.25, 0.3) is 0 Å². The van der Waals surface area contributed by atoms with Crippen molar-refractivity contribution in [2.45, 2.75) is 0 Å². The van der Waals surface area contributed by atoms with Crippen LogP contribution in [0.25, 0.3) is 43.4 Å². The SMILES string of the molecule is [Cu+2].[O-]c1cc2ccccc2cc1/C=N/NC(=S)N/N=C/c1cc2ccccc2cc1[O-].c1cnc2c(c1)ccc1cccnc12. The van der Waals surface area contributed by atoms with Crippen LogP contribution >= 0.6 is 12.2 Å². The molecule has 0 atom stereocenters. The van der Waals surface area contributed by atoms with E-state index in [0.29, 0.717) is 11.1 Å². The van der Waals surface area contributed by atoms with Crippen LogP contribution in [0.4, 0.5) is 0 Å². The Bertz CT molecular complexity index is 2050. The third-order valence-corrected chi connectivity index (χ3v) is 7.02. The van der Waals surface area contributed by atoms with E-state index in [4.69, 9.17) is 12.2 Å². The van der Waals surface area contributed by atoms with E-state index in [1.165, 1.54) is 12.4 Å². The van der Waals surface area contributed by atoms with E-state index in [-0.39, 0.29) is 33.7 Å². The van der Waals surface area contributed by atoms with Crippen LogP contribution < -0.4 is 21.1 Å². The van der Waals surface area contributed by atoms with Gasteiger partial charge in [-0.2, -0.15) is 10.2 Å². The van der Waals surface area contributed by atoms with Gasteiger partial charge in [0.15, 0.2) is 0 Å². The predicted octanol–water partition coefficient (Wildman–Crippen LogP) is 5.75. The second-order valence-corrected chi connectivity index (χ2v) is 10.2. The maximum atomic E-state index is 12.1. The third-order valence-electron chi connectivity index (χ3n) is 6.84. The van der Waals surface area contributed by atoms with E-state index in [1.807, 2.05) is 60.7 Å². The van der Waals surface area contributed by atoms with Crippen LogP contribution in [-0.4, -0.2) is 27.5 Å². The maximum absolute atomic E-state index is 12.1. The first-order valence-electron chi connectivity index (χ1n) is 13.7. The van der Waals surface area contributed by atoms with E-state index in [1.54, 1.807) is 36.7 Å². The summed E-state index contributed by atoms with van der Waals surface area (Å²) in [5.74, 6) is -0.258. The van der Waals surface area contributed by atoms with Crippen molar-refractivity contribution >= 4 is 73.1 Å². The summed E-state index contributed by atoms with van der Waals surface area (Å²) >= 11 is 5.10. The molecule has 0 spiro atoms. The molecule has 0 saturated heterocycles. The van der Waals surface area contributed by atoms with Crippen molar-refractivity contribution in [2.75, 3.05) is 0 Å².